The van der Waals surface area contributed by atoms with Gasteiger partial charge in [0.2, 0.25) is 0 Å². The molecular weight excluding hydrogens is 338 g/mol. The molecule has 5 nitrogen and oxygen atoms in total. The highest BCUT2D eigenvalue weighted by molar-refractivity contribution is 5.07. The lowest BCUT2D eigenvalue weighted by molar-refractivity contribution is -0.703. The largest absolute Gasteiger partial charge is 0.396 e. The lowest BCUT2D eigenvalue weighted by Gasteiger charge is -2.60. The van der Waals surface area contributed by atoms with Gasteiger partial charge in [0, 0.05) is 31.3 Å². The predicted octanol–water partition coefficient (Wildman–Crippen LogP) is 0.618. The van der Waals surface area contributed by atoms with E-state index in [1.165, 1.54) is 45.1 Å². The van der Waals surface area contributed by atoms with Crippen LogP contribution in [0.4, 0.5) is 0 Å². The fraction of sp³-hybridized carbons (Fsp3) is 1.00. The molecule has 2 bridgehead atoms. The van der Waals surface area contributed by atoms with E-state index in [4.69, 9.17) is 10.5 Å². The number of aliphatic hydroxyl groups excluding tert-OH is 1. The topological polar surface area (TPSA) is 99.7 Å². The third kappa shape index (κ3) is 3.95. The van der Waals surface area contributed by atoms with E-state index in [1.807, 2.05) is 0 Å². The van der Waals surface area contributed by atoms with Gasteiger partial charge in [-0.3, -0.25) is 5.73 Å². The molecule has 2 unspecified atom stereocenters. The van der Waals surface area contributed by atoms with Crippen LogP contribution < -0.4 is 16.8 Å². The van der Waals surface area contributed by atoms with Crippen LogP contribution >= 0.6 is 0 Å². The van der Waals surface area contributed by atoms with E-state index in [0.29, 0.717) is 36.6 Å². The Morgan fingerprint density at radius 3 is 2.52 bits per heavy atom. The number of hydrogen-bond acceptors (Lipinski definition) is 3. The molecule has 0 aromatic rings. The Kier molecular flexibility index (Phi) is 5.63. The van der Waals surface area contributed by atoms with Crippen LogP contribution in [0.2, 0.25) is 0 Å². The molecular formula is C22H43N3O2+2. The molecule has 3 saturated heterocycles. The van der Waals surface area contributed by atoms with E-state index in [1.54, 1.807) is 0 Å². The number of rotatable bonds is 4. The molecule has 2 aliphatic carbocycles. The highest BCUT2D eigenvalue weighted by Gasteiger charge is 2.59. The minimum absolute atomic E-state index is 0.0117. The molecule has 5 fully saturated rings. The molecule has 3 aliphatic heterocycles. The molecule has 0 amide bonds. The molecule has 0 spiro atoms. The second kappa shape index (κ2) is 7.56. The Morgan fingerprint density at radius 1 is 1.11 bits per heavy atom. The van der Waals surface area contributed by atoms with Gasteiger partial charge < -0.3 is 20.9 Å². The van der Waals surface area contributed by atoms with Crippen molar-refractivity contribution in [3.8, 4) is 0 Å². The van der Waals surface area contributed by atoms with Gasteiger partial charge in [-0.2, -0.15) is 0 Å². The van der Waals surface area contributed by atoms with Gasteiger partial charge in [-0.05, 0) is 76.5 Å². The molecule has 0 aromatic carbocycles. The molecule has 8 N–H and O–H groups in total. The summed E-state index contributed by atoms with van der Waals surface area (Å²) in [6, 6.07) is 0.518. The van der Waals surface area contributed by atoms with Crippen molar-refractivity contribution in [1.29, 1.82) is 0 Å². The third-order valence-electron chi connectivity index (χ3n) is 8.67. The zero-order chi connectivity index (χ0) is 19.2. The summed E-state index contributed by atoms with van der Waals surface area (Å²) in [7, 11) is 0. The SMILES string of the molecule is CC1(C)O[C@@]2([C@H]3C[C@H](CC4CCC(N)[NH2+]C4)C[C@H](CO)C3)CC[C@H]1[C@@H]([NH3+])C2. The average Bonchev–Trinajstić information content (AvgIpc) is 2.62. The molecule has 27 heavy (non-hydrogen) atoms. The first kappa shape index (κ1) is 20.1. The summed E-state index contributed by atoms with van der Waals surface area (Å²) in [5, 5.41) is 12.3. The van der Waals surface area contributed by atoms with Gasteiger partial charge in [0.15, 0.2) is 0 Å². The van der Waals surface area contributed by atoms with E-state index in [2.05, 4.69) is 24.9 Å². The summed E-state index contributed by atoms with van der Waals surface area (Å²) in [6.07, 6.45) is 11.3. The van der Waals surface area contributed by atoms with E-state index in [0.717, 1.165) is 31.1 Å². The summed E-state index contributed by atoms with van der Waals surface area (Å²) >= 11 is 0. The van der Waals surface area contributed by atoms with E-state index in [9.17, 15) is 5.11 Å². The standard InChI is InChI=1S/C22H41N3O2/c1-21(2)18-5-6-22(27-21,11-19(18)23)17-9-15(8-16(10-17)13-26)7-14-3-4-20(24)25-12-14/h14-20,25-26H,3-13,23-24H2,1-2H3/p+2/t14?,15-,16+,17+,18+,19+,20?,22+/m1/s1. The zero-order valence-corrected chi connectivity index (χ0v) is 17.5. The number of hydrogen-bond donors (Lipinski definition) is 4. The monoisotopic (exact) mass is 381 g/mol. The van der Waals surface area contributed by atoms with Crippen LogP contribution in [0.3, 0.4) is 0 Å². The summed E-state index contributed by atoms with van der Waals surface area (Å²) in [4.78, 5) is 0. The lowest BCUT2D eigenvalue weighted by atomic mass is 9.57. The van der Waals surface area contributed by atoms with Crippen molar-refractivity contribution in [2.24, 2.45) is 35.3 Å². The summed E-state index contributed by atoms with van der Waals surface area (Å²) in [5.41, 5.74) is 10.6. The van der Waals surface area contributed by atoms with E-state index >= 15 is 0 Å². The molecule has 0 aromatic heterocycles. The first-order chi connectivity index (χ1) is 12.8. The molecule has 3 heterocycles. The molecule has 0 radical (unpaired) electrons. The van der Waals surface area contributed by atoms with Crippen LogP contribution in [-0.4, -0.2) is 41.7 Å². The Balaban J connectivity index is 1.47. The van der Waals surface area contributed by atoms with Gasteiger partial charge in [0.05, 0.1) is 23.8 Å². The minimum atomic E-state index is -0.0426. The quantitative estimate of drug-likeness (QED) is 0.574. The van der Waals surface area contributed by atoms with Crippen molar-refractivity contribution in [2.45, 2.75) is 95.0 Å². The van der Waals surface area contributed by atoms with Crippen molar-refractivity contribution >= 4 is 0 Å². The van der Waals surface area contributed by atoms with Gasteiger partial charge in [-0.15, -0.1) is 0 Å². The van der Waals surface area contributed by atoms with Crippen molar-refractivity contribution in [1.82, 2.24) is 0 Å². The highest BCUT2D eigenvalue weighted by Crippen LogP contribution is 2.56. The van der Waals surface area contributed by atoms with Crippen molar-refractivity contribution in [3.63, 3.8) is 0 Å². The van der Waals surface area contributed by atoms with Crippen molar-refractivity contribution in [2.75, 3.05) is 13.2 Å². The number of fused-ring (bicyclic) bond motifs is 3. The second-order valence-electron chi connectivity index (χ2n) is 11.0. The number of quaternary nitrogens is 2. The van der Waals surface area contributed by atoms with Crippen LogP contribution in [0.25, 0.3) is 0 Å². The number of piperidine rings is 1. The Bertz CT molecular complexity index is 520. The lowest BCUT2D eigenvalue weighted by Crippen LogP contribution is -2.95. The zero-order valence-electron chi connectivity index (χ0n) is 17.5. The molecule has 156 valence electrons. The van der Waals surface area contributed by atoms with Crippen molar-refractivity contribution < 1.29 is 20.9 Å². The fourth-order valence-corrected chi connectivity index (χ4v) is 7.44. The van der Waals surface area contributed by atoms with Crippen LogP contribution in [0.15, 0.2) is 0 Å². The predicted molar refractivity (Wildman–Crippen MR) is 105 cm³/mol. The maximum absolute atomic E-state index is 10.0. The van der Waals surface area contributed by atoms with Crippen molar-refractivity contribution in [3.05, 3.63) is 0 Å². The Labute approximate surface area is 165 Å². The smallest absolute Gasteiger partial charge is 0.137 e. The molecule has 8 atom stereocenters. The molecule has 2 saturated carbocycles. The van der Waals surface area contributed by atoms with E-state index in [-0.39, 0.29) is 11.2 Å². The minimum Gasteiger partial charge on any atom is -0.396 e. The van der Waals surface area contributed by atoms with Gasteiger partial charge in [-0.25, -0.2) is 0 Å². The van der Waals surface area contributed by atoms with Gasteiger partial charge in [0.25, 0.3) is 0 Å². The fourth-order valence-electron chi connectivity index (χ4n) is 7.44. The van der Waals surface area contributed by atoms with E-state index < -0.39 is 0 Å². The number of aliphatic hydroxyl groups is 1. The van der Waals surface area contributed by atoms with Gasteiger partial charge in [-0.1, -0.05) is 0 Å². The first-order valence-electron chi connectivity index (χ1n) is 11.5. The number of nitrogens with two attached hydrogens (primary N) is 2. The maximum Gasteiger partial charge on any atom is 0.137 e. The van der Waals surface area contributed by atoms with Gasteiger partial charge in [0.1, 0.15) is 6.17 Å². The maximum atomic E-state index is 10.0. The average molecular weight is 382 g/mol. The van der Waals surface area contributed by atoms with Crippen LogP contribution in [0.5, 0.6) is 0 Å². The highest BCUT2D eigenvalue weighted by atomic mass is 16.5. The van der Waals surface area contributed by atoms with Crippen LogP contribution in [-0.2, 0) is 4.74 Å². The summed E-state index contributed by atoms with van der Waals surface area (Å²) in [6.45, 7) is 6.09. The summed E-state index contributed by atoms with van der Waals surface area (Å²) in [5.74, 6) is 3.18. The molecule has 5 aliphatic rings. The molecule has 5 heteroatoms. The molecule has 5 rings (SSSR count). The second-order valence-corrected chi connectivity index (χ2v) is 11.0. The normalized spacial score (nSPS) is 49.9. The van der Waals surface area contributed by atoms with Gasteiger partial charge >= 0.3 is 0 Å². The number of ether oxygens (including phenoxy) is 1. The first-order valence-corrected chi connectivity index (χ1v) is 11.5. The summed E-state index contributed by atoms with van der Waals surface area (Å²) < 4.78 is 6.87. The Hall–Kier alpha value is -0.200. The van der Waals surface area contributed by atoms with Crippen LogP contribution in [0, 0.1) is 29.6 Å². The van der Waals surface area contributed by atoms with Crippen LogP contribution in [0.1, 0.15) is 71.6 Å². The Morgan fingerprint density at radius 2 is 1.89 bits per heavy atom. The third-order valence-corrected chi connectivity index (χ3v) is 8.67.